The largest absolute Gasteiger partial charge is 0.416 e. The Hall–Kier alpha value is -2.06. The van der Waals surface area contributed by atoms with E-state index in [4.69, 9.17) is 16.7 Å². The fourth-order valence-electron chi connectivity index (χ4n) is 2.12. The second-order valence-electron chi connectivity index (χ2n) is 4.80. The number of rotatable bonds is 4. The van der Waals surface area contributed by atoms with Gasteiger partial charge in [0.05, 0.1) is 17.9 Å². The Bertz CT molecular complexity index is 671. The average Bonchev–Trinajstić information content (AvgIpc) is 2.69. The number of aliphatic hydroxyl groups is 1. The van der Waals surface area contributed by atoms with Crippen molar-refractivity contribution in [3.63, 3.8) is 0 Å². The van der Waals surface area contributed by atoms with Gasteiger partial charge >= 0.3 is 6.18 Å². The van der Waals surface area contributed by atoms with E-state index in [-0.39, 0.29) is 29.6 Å². The number of benzene rings is 1. The van der Waals surface area contributed by atoms with Gasteiger partial charge in [-0.1, -0.05) is 11.6 Å². The molecule has 0 bridgehead atoms. The van der Waals surface area contributed by atoms with Gasteiger partial charge in [0.25, 0.3) is 11.8 Å². The maximum absolute atomic E-state index is 12.6. The Labute approximate surface area is 134 Å². The van der Waals surface area contributed by atoms with Crippen LogP contribution >= 0.6 is 11.6 Å². The van der Waals surface area contributed by atoms with Crippen LogP contribution in [-0.2, 0) is 15.8 Å². The van der Waals surface area contributed by atoms with Gasteiger partial charge in [0.1, 0.15) is 10.7 Å². The first-order valence-corrected chi connectivity index (χ1v) is 6.84. The zero-order valence-corrected chi connectivity index (χ0v) is 12.6. The average molecular weight is 349 g/mol. The van der Waals surface area contributed by atoms with Crippen molar-refractivity contribution in [3.05, 3.63) is 40.6 Å². The van der Waals surface area contributed by atoms with Gasteiger partial charge in [0.15, 0.2) is 0 Å². The van der Waals surface area contributed by atoms with Crippen LogP contribution in [0.2, 0.25) is 0 Å². The van der Waals surface area contributed by atoms with Gasteiger partial charge in [-0.3, -0.25) is 9.59 Å². The number of hydrogen-bond acceptors (Lipinski definition) is 4. The number of hydrogen-bond donors (Lipinski definition) is 1. The van der Waals surface area contributed by atoms with Crippen LogP contribution in [0.1, 0.15) is 5.56 Å². The van der Waals surface area contributed by atoms with Crippen molar-refractivity contribution in [2.75, 3.05) is 25.1 Å². The standard InChI is InChI=1S/C14H12ClF3N2O3/c1-19(6-7-21)11-10(15)12(22)20(13(11)23)9-4-2-8(3-5-9)14(16,17)18/h2-5,21H,6-7H2,1H3. The highest BCUT2D eigenvalue weighted by molar-refractivity contribution is 6.52. The minimum Gasteiger partial charge on any atom is -0.395 e. The number of amides is 2. The third-order valence-electron chi connectivity index (χ3n) is 3.27. The van der Waals surface area contributed by atoms with Gasteiger partial charge in [-0.05, 0) is 24.3 Å². The number of anilines is 1. The summed E-state index contributed by atoms with van der Waals surface area (Å²) in [6.07, 6.45) is -4.51. The lowest BCUT2D eigenvalue weighted by molar-refractivity contribution is -0.137. The van der Waals surface area contributed by atoms with Crippen LogP contribution in [-0.4, -0.2) is 42.0 Å². The molecule has 1 aliphatic rings. The second-order valence-corrected chi connectivity index (χ2v) is 5.18. The van der Waals surface area contributed by atoms with Gasteiger partial charge in [-0.2, -0.15) is 13.2 Å². The topological polar surface area (TPSA) is 60.9 Å². The molecule has 0 unspecified atom stereocenters. The lowest BCUT2D eigenvalue weighted by Crippen LogP contribution is -2.34. The molecule has 0 atom stereocenters. The van der Waals surface area contributed by atoms with Crippen molar-refractivity contribution in [3.8, 4) is 0 Å². The van der Waals surface area contributed by atoms with Crippen molar-refractivity contribution < 1.29 is 27.9 Å². The molecule has 1 aromatic rings. The van der Waals surface area contributed by atoms with E-state index in [1.165, 1.54) is 11.9 Å². The summed E-state index contributed by atoms with van der Waals surface area (Å²) >= 11 is 5.87. The highest BCUT2D eigenvalue weighted by Gasteiger charge is 2.40. The fraction of sp³-hybridized carbons (Fsp3) is 0.286. The molecule has 9 heteroatoms. The van der Waals surface area contributed by atoms with Crippen LogP contribution in [0.4, 0.5) is 18.9 Å². The summed E-state index contributed by atoms with van der Waals surface area (Å²) < 4.78 is 37.7. The third kappa shape index (κ3) is 3.18. The van der Waals surface area contributed by atoms with E-state index < -0.39 is 23.6 Å². The molecule has 0 saturated carbocycles. The molecule has 1 heterocycles. The van der Waals surface area contributed by atoms with E-state index in [1.54, 1.807) is 0 Å². The van der Waals surface area contributed by atoms with Crippen molar-refractivity contribution in [2.24, 2.45) is 0 Å². The first kappa shape index (κ1) is 17.3. The molecule has 2 rings (SSSR count). The van der Waals surface area contributed by atoms with Gasteiger partial charge in [0, 0.05) is 13.6 Å². The molecule has 0 fully saturated rings. The molecule has 5 nitrogen and oxygen atoms in total. The minimum atomic E-state index is -4.51. The Morgan fingerprint density at radius 2 is 1.74 bits per heavy atom. The number of halogens is 4. The Morgan fingerprint density at radius 3 is 2.22 bits per heavy atom. The number of nitrogens with zero attached hydrogens (tertiary/aromatic N) is 2. The molecule has 1 N–H and O–H groups in total. The molecular weight excluding hydrogens is 337 g/mol. The molecular formula is C14H12ClF3N2O3. The summed E-state index contributed by atoms with van der Waals surface area (Å²) in [5.41, 5.74) is -1.01. The van der Waals surface area contributed by atoms with E-state index in [1.807, 2.05) is 0 Å². The first-order valence-electron chi connectivity index (χ1n) is 6.46. The number of likely N-dealkylation sites (N-methyl/N-ethyl adjacent to an activating group) is 1. The maximum Gasteiger partial charge on any atom is 0.416 e. The van der Waals surface area contributed by atoms with Gasteiger partial charge in [0.2, 0.25) is 0 Å². The number of imide groups is 1. The molecule has 0 aromatic heterocycles. The summed E-state index contributed by atoms with van der Waals surface area (Å²) in [6, 6.07) is 3.61. The summed E-state index contributed by atoms with van der Waals surface area (Å²) in [5.74, 6) is -1.58. The quantitative estimate of drug-likeness (QED) is 0.845. The number of alkyl halides is 3. The SMILES string of the molecule is CN(CCO)C1=C(Cl)C(=O)N(c2ccc(C(F)(F)F)cc2)C1=O. The van der Waals surface area contributed by atoms with Crippen LogP contribution in [0.15, 0.2) is 35.0 Å². The first-order chi connectivity index (χ1) is 10.7. The normalized spacial score (nSPS) is 15.7. The lowest BCUT2D eigenvalue weighted by atomic mass is 10.2. The number of aliphatic hydroxyl groups excluding tert-OH is 1. The lowest BCUT2D eigenvalue weighted by Gasteiger charge is -2.20. The number of carbonyl (C=O) groups excluding carboxylic acids is 2. The van der Waals surface area contributed by atoms with Gasteiger partial charge < -0.3 is 10.0 Å². The smallest absolute Gasteiger partial charge is 0.395 e. The Kier molecular flexibility index (Phi) is 4.67. The van der Waals surface area contributed by atoms with Crippen LogP contribution in [0.25, 0.3) is 0 Å². The van der Waals surface area contributed by atoms with E-state index in [2.05, 4.69) is 0 Å². The van der Waals surface area contributed by atoms with E-state index in [0.717, 1.165) is 24.3 Å². The highest BCUT2D eigenvalue weighted by Crippen LogP contribution is 2.33. The zero-order valence-electron chi connectivity index (χ0n) is 11.9. The zero-order chi connectivity index (χ0) is 17.4. The van der Waals surface area contributed by atoms with Crippen LogP contribution in [0.3, 0.4) is 0 Å². The molecule has 0 radical (unpaired) electrons. The van der Waals surface area contributed by atoms with Crippen molar-refractivity contribution in [1.82, 2.24) is 4.90 Å². The summed E-state index contributed by atoms with van der Waals surface area (Å²) in [4.78, 5) is 26.5. The molecule has 23 heavy (non-hydrogen) atoms. The Balaban J connectivity index is 2.33. The second kappa shape index (κ2) is 6.21. The molecule has 0 aliphatic carbocycles. The van der Waals surface area contributed by atoms with Gasteiger partial charge in [-0.15, -0.1) is 0 Å². The predicted octanol–water partition coefficient (Wildman–Crippen LogP) is 1.95. The Morgan fingerprint density at radius 1 is 1.17 bits per heavy atom. The summed E-state index contributed by atoms with van der Waals surface area (Å²) in [6.45, 7) is -0.183. The van der Waals surface area contributed by atoms with Crippen molar-refractivity contribution in [1.29, 1.82) is 0 Å². The molecule has 1 aromatic carbocycles. The van der Waals surface area contributed by atoms with Crippen LogP contribution < -0.4 is 4.90 Å². The molecule has 1 aliphatic heterocycles. The van der Waals surface area contributed by atoms with Crippen molar-refractivity contribution in [2.45, 2.75) is 6.18 Å². The molecule has 2 amide bonds. The van der Waals surface area contributed by atoms with E-state index >= 15 is 0 Å². The third-order valence-corrected chi connectivity index (χ3v) is 3.62. The maximum atomic E-state index is 12.6. The molecule has 0 spiro atoms. The van der Waals surface area contributed by atoms with Crippen LogP contribution in [0.5, 0.6) is 0 Å². The van der Waals surface area contributed by atoms with Crippen molar-refractivity contribution >= 4 is 29.1 Å². The van der Waals surface area contributed by atoms with E-state index in [9.17, 15) is 22.8 Å². The number of carbonyl (C=O) groups is 2. The minimum absolute atomic E-state index is 0.0152. The van der Waals surface area contributed by atoms with E-state index in [0.29, 0.717) is 4.90 Å². The highest BCUT2D eigenvalue weighted by atomic mass is 35.5. The summed E-state index contributed by atoms with van der Waals surface area (Å²) in [7, 11) is 1.47. The fourth-order valence-corrected chi connectivity index (χ4v) is 2.43. The predicted molar refractivity (Wildman–Crippen MR) is 76.5 cm³/mol. The van der Waals surface area contributed by atoms with Crippen LogP contribution in [0, 0.1) is 0 Å². The molecule has 0 saturated heterocycles. The van der Waals surface area contributed by atoms with Gasteiger partial charge in [-0.25, -0.2) is 4.90 Å². The monoisotopic (exact) mass is 348 g/mol. The molecule has 124 valence electrons. The summed E-state index contributed by atoms with van der Waals surface area (Å²) in [5, 5.41) is 8.56.